The highest BCUT2D eigenvalue weighted by Gasteiger charge is 2.22. The Morgan fingerprint density at radius 3 is 2.59 bits per heavy atom. The molecule has 1 aromatic carbocycles. The number of hydrogen-bond acceptors (Lipinski definition) is 6. The minimum Gasteiger partial charge on any atom is -0.454 e. The topological polar surface area (TPSA) is 86.5 Å². The van der Waals surface area contributed by atoms with Crippen molar-refractivity contribution >= 4 is 17.5 Å². The molecule has 0 N–H and O–H groups in total. The highest BCUT2D eigenvalue weighted by atomic mass is 16.5. The van der Waals surface area contributed by atoms with Crippen molar-refractivity contribution < 1.29 is 14.3 Å². The number of aryl methyl sites for hydroxylation is 4. The number of esters is 1. The minimum absolute atomic E-state index is 0.0189. The average molecular weight is 366 g/mol. The smallest absolute Gasteiger partial charge is 0.311 e. The van der Waals surface area contributed by atoms with Gasteiger partial charge in [-0.05, 0) is 51.8 Å². The molecular formula is C20H22N4O3. The molecule has 0 aliphatic heterocycles. The van der Waals surface area contributed by atoms with Crippen molar-refractivity contribution in [2.75, 3.05) is 0 Å². The Hall–Kier alpha value is -3.09. The van der Waals surface area contributed by atoms with E-state index >= 15 is 0 Å². The van der Waals surface area contributed by atoms with E-state index in [1.165, 1.54) is 6.33 Å². The summed E-state index contributed by atoms with van der Waals surface area (Å²) < 4.78 is 6.97. The molecule has 2 heterocycles. The summed E-state index contributed by atoms with van der Waals surface area (Å²) in [6.07, 6.45) is 0.579. The molecule has 1 atom stereocenters. The highest BCUT2D eigenvalue weighted by Crippen LogP contribution is 2.16. The third-order valence-electron chi connectivity index (χ3n) is 4.78. The molecule has 0 bridgehead atoms. The number of carbonyl (C=O) groups excluding carboxylic acids is 2. The maximum Gasteiger partial charge on any atom is 0.311 e. The molecule has 27 heavy (non-hydrogen) atoms. The van der Waals surface area contributed by atoms with Crippen LogP contribution in [0.3, 0.4) is 0 Å². The van der Waals surface area contributed by atoms with Crippen LogP contribution in [0, 0.1) is 27.7 Å². The number of hydrogen-bond donors (Lipinski definition) is 0. The minimum atomic E-state index is -0.858. The number of ether oxygens (including phenoxy) is 1. The van der Waals surface area contributed by atoms with E-state index in [1.54, 1.807) is 17.5 Å². The van der Waals surface area contributed by atoms with Gasteiger partial charge >= 0.3 is 5.97 Å². The first-order valence-electron chi connectivity index (χ1n) is 8.74. The molecular weight excluding hydrogens is 344 g/mol. The zero-order chi connectivity index (χ0) is 19.7. The molecule has 140 valence electrons. The standard InChI is InChI=1S/C20H22N4O3/c1-11-6-7-16(8-12(11)2)19(26)15(5)27-18(25)9-17-13(3)23-20-21-10-22-24(20)14(17)4/h6-8,10,15H,9H2,1-5H3/t15-/m1/s1. The number of fused-ring (bicyclic) bond motifs is 1. The van der Waals surface area contributed by atoms with E-state index in [-0.39, 0.29) is 12.2 Å². The van der Waals surface area contributed by atoms with Gasteiger partial charge in [0.05, 0.1) is 6.42 Å². The van der Waals surface area contributed by atoms with E-state index in [9.17, 15) is 9.59 Å². The quantitative estimate of drug-likeness (QED) is 0.510. The van der Waals surface area contributed by atoms with Crippen molar-refractivity contribution in [2.24, 2.45) is 0 Å². The third kappa shape index (κ3) is 3.72. The molecule has 0 radical (unpaired) electrons. The van der Waals surface area contributed by atoms with E-state index in [2.05, 4.69) is 15.1 Å². The maximum absolute atomic E-state index is 12.6. The van der Waals surface area contributed by atoms with Gasteiger partial charge in [0.15, 0.2) is 6.10 Å². The van der Waals surface area contributed by atoms with Crippen molar-refractivity contribution in [3.05, 3.63) is 58.2 Å². The molecule has 0 aliphatic carbocycles. The van der Waals surface area contributed by atoms with E-state index in [0.29, 0.717) is 17.0 Å². The van der Waals surface area contributed by atoms with Gasteiger partial charge in [0.1, 0.15) is 6.33 Å². The summed E-state index contributed by atoms with van der Waals surface area (Å²) in [4.78, 5) is 33.4. The average Bonchev–Trinajstić information content (AvgIpc) is 3.08. The summed E-state index contributed by atoms with van der Waals surface area (Å²) in [5.74, 6) is -0.211. The summed E-state index contributed by atoms with van der Waals surface area (Å²) >= 11 is 0. The van der Waals surface area contributed by atoms with Crippen LogP contribution in [0.15, 0.2) is 24.5 Å². The van der Waals surface area contributed by atoms with E-state index in [1.807, 2.05) is 39.8 Å². The first kappa shape index (κ1) is 18.7. The zero-order valence-electron chi connectivity index (χ0n) is 16.1. The van der Waals surface area contributed by atoms with Crippen molar-refractivity contribution in [1.82, 2.24) is 19.6 Å². The van der Waals surface area contributed by atoms with Crippen LogP contribution in [0.4, 0.5) is 0 Å². The molecule has 0 aliphatic rings. The van der Waals surface area contributed by atoms with Crippen molar-refractivity contribution in [3.8, 4) is 0 Å². The Balaban J connectivity index is 1.73. The predicted molar refractivity (Wildman–Crippen MR) is 99.8 cm³/mol. The number of benzene rings is 1. The lowest BCUT2D eigenvalue weighted by atomic mass is 10.0. The molecule has 0 saturated carbocycles. The number of carbonyl (C=O) groups is 2. The fourth-order valence-corrected chi connectivity index (χ4v) is 2.98. The van der Waals surface area contributed by atoms with E-state index in [4.69, 9.17) is 4.74 Å². The SMILES string of the molecule is Cc1ccc(C(=O)[C@@H](C)OC(=O)Cc2c(C)nc3ncnn3c2C)cc1C. The van der Waals surface area contributed by atoms with Gasteiger partial charge in [0, 0.05) is 22.5 Å². The van der Waals surface area contributed by atoms with Crippen LogP contribution in [0.1, 0.15) is 45.4 Å². The summed E-state index contributed by atoms with van der Waals surface area (Å²) in [5, 5.41) is 4.11. The Labute approximate surface area is 157 Å². The highest BCUT2D eigenvalue weighted by molar-refractivity contribution is 6.00. The molecule has 7 nitrogen and oxygen atoms in total. The normalized spacial score (nSPS) is 12.2. The van der Waals surface area contributed by atoms with E-state index < -0.39 is 12.1 Å². The van der Waals surface area contributed by atoms with Gasteiger partial charge in [-0.3, -0.25) is 9.59 Å². The first-order valence-corrected chi connectivity index (χ1v) is 8.74. The Bertz CT molecular complexity index is 1040. The van der Waals surface area contributed by atoms with Crippen LogP contribution < -0.4 is 0 Å². The summed E-state index contributed by atoms with van der Waals surface area (Å²) in [7, 11) is 0. The lowest BCUT2D eigenvalue weighted by Crippen LogP contribution is -2.26. The van der Waals surface area contributed by atoms with E-state index in [0.717, 1.165) is 22.4 Å². The summed E-state index contributed by atoms with van der Waals surface area (Å²) in [6, 6.07) is 5.47. The second-order valence-electron chi connectivity index (χ2n) is 6.71. The second kappa shape index (κ2) is 7.26. The third-order valence-corrected chi connectivity index (χ3v) is 4.78. The Morgan fingerprint density at radius 1 is 1.15 bits per heavy atom. The van der Waals surface area contributed by atoms with Crippen LogP contribution >= 0.6 is 0 Å². The lowest BCUT2D eigenvalue weighted by molar-refractivity contribution is -0.145. The van der Waals surface area contributed by atoms with Gasteiger partial charge in [-0.1, -0.05) is 12.1 Å². The van der Waals surface area contributed by atoms with Gasteiger partial charge in [-0.2, -0.15) is 10.1 Å². The van der Waals surface area contributed by atoms with Crippen molar-refractivity contribution in [3.63, 3.8) is 0 Å². The number of Topliss-reactive ketones (excluding diaryl/α,β-unsaturated/α-hetero) is 1. The molecule has 2 aromatic heterocycles. The molecule has 0 fully saturated rings. The molecule has 3 rings (SSSR count). The fourth-order valence-electron chi connectivity index (χ4n) is 2.98. The van der Waals surface area contributed by atoms with Gasteiger partial charge in [-0.15, -0.1) is 0 Å². The zero-order valence-corrected chi connectivity index (χ0v) is 16.1. The molecule has 7 heteroatoms. The molecule has 0 spiro atoms. The molecule has 0 saturated heterocycles. The van der Waals surface area contributed by atoms with Gasteiger partial charge in [0.25, 0.3) is 5.78 Å². The van der Waals surface area contributed by atoms with Crippen LogP contribution in [-0.2, 0) is 16.0 Å². The van der Waals surface area contributed by atoms with Gasteiger partial charge < -0.3 is 4.74 Å². The van der Waals surface area contributed by atoms with Crippen LogP contribution in [0.2, 0.25) is 0 Å². The van der Waals surface area contributed by atoms with Crippen molar-refractivity contribution in [2.45, 2.75) is 47.1 Å². The summed E-state index contributed by atoms with van der Waals surface area (Å²) in [6.45, 7) is 9.18. The Kier molecular flexibility index (Phi) is 5.03. The number of aromatic nitrogens is 4. The van der Waals surface area contributed by atoms with Crippen LogP contribution in [0.25, 0.3) is 5.78 Å². The maximum atomic E-state index is 12.6. The van der Waals surface area contributed by atoms with Crippen LogP contribution in [0.5, 0.6) is 0 Å². The lowest BCUT2D eigenvalue weighted by Gasteiger charge is -2.15. The summed E-state index contributed by atoms with van der Waals surface area (Å²) in [5.41, 5.74) is 4.87. The first-order chi connectivity index (χ1) is 12.8. The molecule has 0 unspecified atom stereocenters. The number of nitrogens with zero attached hydrogens (tertiary/aromatic N) is 4. The second-order valence-corrected chi connectivity index (χ2v) is 6.71. The Morgan fingerprint density at radius 2 is 1.89 bits per heavy atom. The monoisotopic (exact) mass is 366 g/mol. The van der Waals surface area contributed by atoms with Crippen molar-refractivity contribution in [1.29, 1.82) is 0 Å². The fraction of sp³-hybridized carbons (Fsp3) is 0.350. The van der Waals surface area contributed by atoms with Gasteiger partial charge in [-0.25, -0.2) is 9.50 Å². The number of rotatable bonds is 5. The molecule has 0 amide bonds. The predicted octanol–water partition coefficient (Wildman–Crippen LogP) is 2.72. The molecule has 3 aromatic rings. The number of ketones is 1. The van der Waals surface area contributed by atoms with Gasteiger partial charge in [0.2, 0.25) is 5.78 Å². The largest absolute Gasteiger partial charge is 0.454 e. The van der Waals surface area contributed by atoms with Crippen LogP contribution in [-0.4, -0.2) is 37.4 Å².